The number of ether oxygens (including phenoxy) is 1. The lowest BCUT2D eigenvalue weighted by Gasteiger charge is -2.13. The second-order valence-electron chi connectivity index (χ2n) is 6.70. The third-order valence-electron chi connectivity index (χ3n) is 4.65. The molecule has 4 rings (SSSR count). The highest BCUT2D eigenvalue weighted by Crippen LogP contribution is 2.23. The van der Waals surface area contributed by atoms with Gasteiger partial charge >= 0.3 is 0 Å². The van der Waals surface area contributed by atoms with E-state index >= 15 is 0 Å². The van der Waals surface area contributed by atoms with Crippen LogP contribution in [0.1, 0.15) is 17.3 Å². The second kappa shape index (κ2) is 9.14. The topological polar surface area (TPSA) is 61.2 Å². The van der Waals surface area contributed by atoms with Crippen LogP contribution in [0.25, 0.3) is 16.6 Å². The van der Waals surface area contributed by atoms with Crippen molar-refractivity contribution in [1.29, 1.82) is 0 Å². The van der Waals surface area contributed by atoms with Crippen molar-refractivity contribution in [2.75, 3.05) is 12.4 Å². The SMILES string of the molecule is CCOc1ccc(-n2c(SCC(=O)c3ccc(F)cc3)nc3ccccc3c2=O)cc1. The number of carbonyl (C=O) groups excluding carboxylic acids is 1. The molecule has 0 amide bonds. The molecule has 0 bridgehead atoms. The van der Waals surface area contributed by atoms with Gasteiger partial charge < -0.3 is 4.74 Å². The molecular weight excluding hydrogens is 415 g/mol. The summed E-state index contributed by atoms with van der Waals surface area (Å²) in [6.07, 6.45) is 0. The molecule has 1 aromatic heterocycles. The Bertz CT molecular complexity index is 1290. The Balaban J connectivity index is 1.72. The fourth-order valence-electron chi connectivity index (χ4n) is 3.14. The lowest BCUT2D eigenvalue weighted by atomic mass is 10.1. The zero-order valence-corrected chi connectivity index (χ0v) is 17.6. The third-order valence-corrected chi connectivity index (χ3v) is 5.59. The summed E-state index contributed by atoms with van der Waals surface area (Å²) in [5.74, 6) is 0.192. The van der Waals surface area contributed by atoms with Gasteiger partial charge in [-0.3, -0.25) is 14.2 Å². The summed E-state index contributed by atoms with van der Waals surface area (Å²) in [5, 5.41) is 0.897. The number of carbonyl (C=O) groups is 1. The predicted molar refractivity (Wildman–Crippen MR) is 120 cm³/mol. The van der Waals surface area contributed by atoms with E-state index in [4.69, 9.17) is 4.74 Å². The Morgan fingerprint density at radius 2 is 1.74 bits per heavy atom. The number of thioether (sulfide) groups is 1. The minimum atomic E-state index is -0.398. The number of benzene rings is 3. The number of hydrogen-bond donors (Lipinski definition) is 0. The molecule has 4 aromatic rings. The minimum Gasteiger partial charge on any atom is -0.494 e. The normalized spacial score (nSPS) is 10.9. The maximum absolute atomic E-state index is 13.3. The quantitative estimate of drug-likeness (QED) is 0.235. The monoisotopic (exact) mass is 434 g/mol. The second-order valence-corrected chi connectivity index (χ2v) is 7.64. The van der Waals surface area contributed by atoms with Crippen molar-refractivity contribution in [2.45, 2.75) is 12.1 Å². The van der Waals surface area contributed by atoms with E-state index in [1.807, 2.05) is 13.0 Å². The maximum atomic E-state index is 13.3. The van der Waals surface area contributed by atoms with E-state index < -0.39 is 5.82 Å². The van der Waals surface area contributed by atoms with E-state index in [9.17, 15) is 14.0 Å². The first kappa shape index (κ1) is 20.8. The fraction of sp³-hybridized carbons (Fsp3) is 0.125. The Kier molecular flexibility index (Phi) is 6.13. The van der Waals surface area contributed by atoms with Crippen LogP contribution in [0, 0.1) is 5.82 Å². The number of aromatic nitrogens is 2. The molecule has 0 unspecified atom stereocenters. The Morgan fingerprint density at radius 1 is 1.03 bits per heavy atom. The van der Waals surface area contributed by atoms with Gasteiger partial charge in [0.2, 0.25) is 0 Å². The van der Waals surface area contributed by atoms with Gasteiger partial charge in [0.1, 0.15) is 11.6 Å². The number of rotatable bonds is 7. The first-order valence-corrected chi connectivity index (χ1v) is 10.7. The number of ketones is 1. The van der Waals surface area contributed by atoms with Crippen LogP contribution in [0.2, 0.25) is 0 Å². The summed E-state index contributed by atoms with van der Waals surface area (Å²) < 4.78 is 20.1. The molecule has 0 aliphatic heterocycles. The van der Waals surface area contributed by atoms with Gasteiger partial charge in [-0.2, -0.15) is 0 Å². The van der Waals surface area contributed by atoms with Crippen molar-refractivity contribution in [3.05, 3.63) is 94.5 Å². The first-order chi connectivity index (χ1) is 15.1. The number of nitrogens with zero attached hydrogens (tertiary/aromatic N) is 2. The Hall–Kier alpha value is -3.45. The average Bonchev–Trinajstić information content (AvgIpc) is 2.79. The molecular formula is C24H19FN2O3S. The van der Waals surface area contributed by atoms with Crippen molar-refractivity contribution < 1.29 is 13.9 Å². The standard InChI is InChI=1S/C24H19FN2O3S/c1-2-30-19-13-11-18(12-14-19)27-23(29)20-5-3-4-6-21(20)26-24(27)31-15-22(28)16-7-9-17(25)10-8-16/h3-14H,2,15H2,1H3. The summed E-state index contributed by atoms with van der Waals surface area (Å²) in [6, 6.07) is 19.7. The van der Waals surface area contributed by atoms with Gasteiger partial charge in [-0.15, -0.1) is 0 Å². The Morgan fingerprint density at radius 3 is 2.45 bits per heavy atom. The zero-order chi connectivity index (χ0) is 21.8. The van der Waals surface area contributed by atoms with Crippen molar-refractivity contribution in [3.8, 4) is 11.4 Å². The average molecular weight is 434 g/mol. The molecule has 0 saturated carbocycles. The first-order valence-electron chi connectivity index (χ1n) is 9.73. The lowest BCUT2D eigenvalue weighted by molar-refractivity contribution is 0.102. The lowest BCUT2D eigenvalue weighted by Crippen LogP contribution is -2.22. The molecule has 0 saturated heterocycles. The highest BCUT2D eigenvalue weighted by atomic mass is 32.2. The van der Waals surface area contributed by atoms with Crippen LogP contribution in [0.4, 0.5) is 4.39 Å². The number of Topliss-reactive ketones (excluding diaryl/α,β-unsaturated/α-hetero) is 1. The van der Waals surface area contributed by atoms with Crippen molar-refractivity contribution in [1.82, 2.24) is 9.55 Å². The third kappa shape index (κ3) is 4.51. The van der Waals surface area contributed by atoms with Gasteiger partial charge in [0.05, 0.1) is 29.0 Å². The number of fused-ring (bicyclic) bond motifs is 1. The largest absolute Gasteiger partial charge is 0.494 e. The van der Waals surface area contributed by atoms with Gasteiger partial charge in [0.15, 0.2) is 10.9 Å². The van der Waals surface area contributed by atoms with Crippen LogP contribution < -0.4 is 10.3 Å². The summed E-state index contributed by atoms with van der Waals surface area (Å²) in [4.78, 5) is 30.5. The van der Waals surface area contributed by atoms with E-state index in [0.29, 0.717) is 39.7 Å². The molecule has 31 heavy (non-hydrogen) atoms. The molecule has 0 fully saturated rings. The molecule has 7 heteroatoms. The van der Waals surface area contributed by atoms with E-state index in [1.165, 1.54) is 40.6 Å². The summed E-state index contributed by atoms with van der Waals surface area (Å²) in [7, 11) is 0. The molecule has 0 radical (unpaired) electrons. The van der Waals surface area contributed by atoms with Crippen molar-refractivity contribution >= 4 is 28.4 Å². The number of hydrogen-bond acceptors (Lipinski definition) is 5. The predicted octanol–water partition coefficient (Wildman–Crippen LogP) is 4.90. The fourth-order valence-corrected chi connectivity index (χ4v) is 4.05. The summed E-state index contributed by atoms with van der Waals surface area (Å²) in [5.41, 5.74) is 1.38. The maximum Gasteiger partial charge on any atom is 0.266 e. The van der Waals surface area contributed by atoms with Crippen LogP contribution in [0.3, 0.4) is 0 Å². The molecule has 5 nitrogen and oxygen atoms in total. The van der Waals surface area contributed by atoms with E-state index in [2.05, 4.69) is 4.98 Å². The van der Waals surface area contributed by atoms with E-state index in [0.717, 1.165) is 0 Å². The highest BCUT2D eigenvalue weighted by molar-refractivity contribution is 7.99. The molecule has 156 valence electrons. The van der Waals surface area contributed by atoms with Crippen LogP contribution in [-0.2, 0) is 0 Å². The minimum absolute atomic E-state index is 0.0629. The molecule has 0 spiro atoms. The molecule has 0 aliphatic rings. The van der Waals surface area contributed by atoms with Crippen LogP contribution in [0.5, 0.6) is 5.75 Å². The van der Waals surface area contributed by atoms with Crippen LogP contribution in [-0.4, -0.2) is 27.7 Å². The summed E-state index contributed by atoms with van der Waals surface area (Å²) in [6.45, 7) is 2.45. The zero-order valence-electron chi connectivity index (χ0n) is 16.7. The summed E-state index contributed by atoms with van der Waals surface area (Å²) >= 11 is 1.17. The Labute approximate surface area is 182 Å². The van der Waals surface area contributed by atoms with Crippen molar-refractivity contribution in [3.63, 3.8) is 0 Å². The van der Waals surface area contributed by atoms with Gasteiger partial charge in [-0.1, -0.05) is 23.9 Å². The molecule has 0 aliphatic carbocycles. The number of para-hydroxylation sites is 1. The van der Waals surface area contributed by atoms with Gasteiger partial charge in [0, 0.05) is 5.56 Å². The highest BCUT2D eigenvalue weighted by Gasteiger charge is 2.15. The van der Waals surface area contributed by atoms with Gasteiger partial charge in [-0.05, 0) is 67.6 Å². The van der Waals surface area contributed by atoms with Crippen LogP contribution >= 0.6 is 11.8 Å². The molecule has 0 atom stereocenters. The molecule has 3 aromatic carbocycles. The molecule has 1 heterocycles. The molecule has 0 N–H and O–H groups in total. The van der Waals surface area contributed by atoms with E-state index in [1.54, 1.807) is 42.5 Å². The van der Waals surface area contributed by atoms with Crippen molar-refractivity contribution in [2.24, 2.45) is 0 Å². The van der Waals surface area contributed by atoms with E-state index in [-0.39, 0.29) is 17.1 Å². The van der Waals surface area contributed by atoms with Crippen LogP contribution in [0.15, 0.2) is 82.7 Å². The van der Waals surface area contributed by atoms with Gasteiger partial charge in [0.25, 0.3) is 5.56 Å². The number of halogens is 1. The van der Waals surface area contributed by atoms with Gasteiger partial charge in [-0.25, -0.2) is 9.37 Å². The smallest absolute Gasteiger partial charge is 0.266 e.